The van der Waals surface area contributed by atoms with Crippen LogP contribution in [-0.2, 0) is 14.3 Å². The van der Waals surface area contributed by atoms with E-state index in [4.69, 9.17) is 10.5 Å². The Balaban J connectivity index is 3.80. The third kappa shape index (κ3) is 10.8. The van der Waals surface area contributed by atoms with Crippen molar-refractivity contribution in [3.8, 4) is 0 Å². The summed E-state index contributed by atoms with van der Waals surface area (Å²) in [6.07, 6.45) is 2.13. The van der Waals surface area contributed by atoms with Crippen molar-refractivity contribution in [2.45, 2.75) is 64.6 Å². The average molecular weight is 301 g/mol. The second-order valence-corrected chi connectivity index (χ2v) is 5.96. The second kappa shape index (κ2) is 9.33. The quantitative estimate of drug-likeness (QED) is 0.452. The molecule has 0 rings (SSSR count). The average Bonchev–Trinajstić information content (AvgIpc) is 2.34. The van der Waals surface area contributed by atoms with Gasteiger partial charge in [-0.05, 0) is 47.0 Å². The topological polar surface area (TPSA) is 111 Å². The number of rotatable bonds is 8. The van der Waals surface area contributed by atoms with Crippen LogP contribution < -0.4 is 16.4 Å². The Morgan fingerprint density at radius 3 is 2.38 bits per heavy atom. The summed E-state index contributed by atoms with van der Waals surface area (Å²) in [5.41, 5.74) is 4.89. The van der Waals surface area contributed by atoms with Crippen LogP contribution in [0.25, 0.3) is 0 Å². The first-order valence-corrected chi connectivity index (χ1v) is 7.14. The number of nitrogens with two attached hydrogens (primary N) is 1. The van der Waals surface area contributed by atoms with Gasteiger partial charge in [0.15, 0.2) is 0 Å². The standard InChI is InChI=1S/C14H27N3O4/c1-10(15)12(19)17-11(9-18)7-5-6-8-16-13(20)21-14(2,3)4/h9-11H,5-8,15H2,1-4H3,(H,16,20)(H,17,19)/t10-,11-/m0/s1. The molecule has 21 heavy (non-hydrogen) atoms. The Kier molecular flexibility index (Phi) is 8.61. The van der Waals surface area contributed by atoms with E-state index in [1.807, 2.05) is 0 Å². The van der Waals surface area contributed by atoms with E-state index in [9.17, 15) is 14.4 Å². The summed E-state index contributed by atoms with van der Waals surface area (Å²) in [4.78, 5) is 33.6. The molecule has 4 N–H and O–H groups in total. The zero-order valence-corrected chi connectivity index (χ0v) is 13.3. The van der Waals surface area contributed by atoms with E-state index in [2.05, 4.69) is 10.6 Å². The van der Waals surface area contributed by atoms with E-state index in [1.165, 1.54) is 0 Å². The summed E-state index contributed by atoms with van der Waals surface area (Å²) < 4.78 is 5.09. The first-order chi connectivity index (χ1) is 9.65. The van der Waals surface area contributed by atoms with Crippen LogP contribution in [0, 0.1) is 0 Å². The molecule has 2 amide bonds. The summed E-state index contributed by atoms with van der Waals surface area (Å²) in [7, 11) is 0. The fraction of sp³-hybridized carbons (Fsp3) is 0.786. The number of hydrogen-bond acceptors (Lipinski definition) is 5. The highest BCUT2D eigenvalue weighted by molar-refractivity contribution is 5.83. The molecule has 0 spiro atoms. The molecule has 0 aliphatic carbocycles. The van der Waals surface area contributed by atoms with Gasteiger partial charge in [0.1, 0.15) is 11.9 Å². The number of hydrogen-bond donors (Lipinski definition) is 3. The smallest absolute Gasteiger partial charge is 0.407 e. The molecular formula is C14H27N3O4. The van der Waals surface area contributed by atoms with Crippen LogP contribution in [0.15, 0.2) is 0 Å². The van der Waals surface area contributed by atoms with E-state index < -0.39 is 23.8 Å². The number of amides is 2. The van der Waals surface area contributed by atoms with Gasteiger partial charge in [0.25, 0.3) is 0 Å². The molecule has 0 fully saturated rings. The molecule has 0 aromatic rings. The van der Waals surface area contributed by atoms with Gasteiger partial charge in [0.05, 0.1) is 12.1 Å². The van der Waals surface area contributed by atoms with E-state index in [0.29, 0.717) is 32.1 Å². The first kappa shape index (κ1) is 19.4. The van der Waals surface area contributed by atoms with Gasteiger partial charge in [0, 0.05) is 6.54 Å². The van der Waals surface area contributed by atoms with E-state index in [1.54, 1.807) is 27.7 Å². The predicted octanol–water partition coefficient (Wildman–Crippen LogP) is 0.712. The summed E-state index contributed by atoms with van der Waals surface area (Å²) in [6, 6.07) is -1.17. The van der Waals surface area contributed by atoms with Gasteiger partial charge in [-0.2, -0.15) is 0 Å². The van der Waals surface area contributed by atoms with Crippen LogP contribution >= 0.6 is 0 Å². The van der Waals surface area contributed by atoms with Gasteiger partial charge in [-0.15, -0.1) is 0 Å². The van der Waals surface area contributed by atoms with Crippen molar-refractivity contribution in [3.63, 3.8) is 0 Å². The van der Waals surface area contributed by atoms with Crippen molar-refractivity contribution in [3.05, 3.63) is 0 Å². The van der Waals surface area contributed by atoms with Crippen LogP contribution in [0.2, 0.25) is 0 Å². The highest BCUT2D eigenvalue weighted by atomic mass is 16.6. The molecule has 7 heteroatoms. The fourth-order valence-electron chi connectivity index (χ4n) is 1.48. The van der Waals surface area contributed by atoms with Crippen LogP contribution in [-0.4, -0.2) is 42.5 Å². The maximum Gasteiger partial charge on any atom is 0.407 e. The molecule has 0 radical (unpaired) electrons. The molecule has 0 aliphatic heterocycles. The summed E-state index contributed by atoms with van der Waals surface area (Å²) in [5, 5.41) is 5.19. The maximum absolute atomic E-state index is 11.4. The molecule has 7 nitrogen and oxygen atoms in total. The minimum atomic E-state index is -0.638. The van der Waals surface area contributed by atoms with Gasteiger partial charge in [-0.1, -0.05) is 0 Å². The lowest BCUT2D eigenvalue weighted by atomic mass is 10.1. The van der Waals surface area contributed by atoms with Crippen molar-refractivity contribution >= 4 is 18.3 Å². The molecule has 0 aromatic heterocycles. The van der Waals surface area contributed by atoms with Gasteiger partial charge in [-0.3, -0.25) is 4.79 Å². The molecule has 122 valence electrons. The maximum atomic E-state index is 11.4. The molecule has 0 aliphatic rings. The molecule has 0 unspecified atom stereocenters. The minimum Gasteiger partial charge on any atom is -0.444 e. The zero-order valence-electron chi connectivity index (χ0n) is 13.3. The Morgan fingerprint density at radius 1 is 1.29 bits per heavy atom. The largest absolute Gasteiger partial charge is 0.444 e. The SMILES string of the molecule is C[C@H](N)C(=O)N[C@H](C=O)CCCCNC(=O)OC(C)(C)C. The van der Waals surface area contributed by atoms with Gasteiger partial charge in [0.2, 0.25) is 5.91 Å². The van der Waals surface area contributed by atoms with E-state index >= 15 is 0 Å². The number of aldehydes is 1. The van der Waals surface area contributed by atoms with Crippen molar-refractivity contribution in [2.24, 2.45) is 5.73 Å². The van der Waals surface area contributed by atoms with Crippen molar-refractivity contribution in [1.82, 2.24) is 10.6 Å². The van der Waals surface area contributed by atoms with E-state index in [-0.39, 0.29) is 5.91 Å². The molecule has 0 saturated heterocycles. The van der Waals surface area contributed by atoms with Gasteiger partial charge >= 0.3 is 6.09 Å². The number of unbranched alkanes of at least 4 members (excludes halogenated alkanes) is 1. The Labute approximate surface area is 126 Å². The van der Waals surface area contributed by atoms with Crippen LogP contribution in [0.1, 0.15) is 47.0 Å². The van der Waals surface area contributed by atoms with Crippen LogP contribution in [0.3, 0.4) is 0 Å². The molecule has 2 atom stereocenters. The first-order valence-electron chi connectivity index (χ1n) is 7.14. The van der Waals surface area contributed by atoms with Gasteiger partial charge in [-0.25, -0.2) is 4.79 Å². The molecule has 0 saturated carbocycles. The highest BCUT2D eigenvalue weighted by Gasteiger charge is 2.16. The Hall–Kier alpha value is -1.63. The molecule has 0 bridgehead atoms. The highest BCUT2D eigenvalue weighted by Crippen LogP contribution is 2.06. The lowest BCUT2D eigenvalue weighted by Gasteiger charge is -2.19. The number of carbonyl (C=O) groups excluding carboxylic acids is 3. The normalized spacial score (nSPS) is 14.0. The number of carbonyl (C=O) groups is 3. The Morgan fingerprint density at radius 2 is 1.90 bits per heavy atom. The predicted molar refractivity (Wildman–Crippen MR) is 79.7 cm³/mol. The summed E-state index contributed by atoms with van der Waals surface area (Å²) in [5.74, 6) is -0.348. The molecular weight excluding hydrogens is 274 g/mol. The second-order valence-electron chi connectivity index (χ2n) is 5.96. The number of nitrogens with one attached hydrogen (secondary N) is 2. The van der Waals surface area contributed by atoms with Crippen LogP contribution in [0.4, 0.5) is 4.79 Å². The van der Waals surface area contributed by atoms with E-state index in [0.717, 1.165) is 0 Å². The summed E-state index contributed by atoms with van der Waals surface area (Å²) >= 11 is 0. The monoisotopic (exact) mass is 301 g/mol. The lowest BCUT2D eigenvalue weighted by molar-refractivity contribution is -0.124. The van der Waals surface area contributed by atoms with Gasteiger partial charge < -0.3 is 25.9 Å². The Bertz CT molecular complexity index is 351. The lowest BCUT2D eigenvalue weighted by Crippen LogP contribution is -2.44. The fourth-order valence-corrected chi connectivity index (χ4v) is 1.48. The summed E-state index contributed by atoms with van der Waals surface area (Å²) in [6.45, 7) is 7.40. The third-order valence-corrected chi connectivity index (χ3v) is 2.52. The van der Waals surface area contributed by atoms with Crippen LogP contribution in [0.5, 0.6) is 0 Å². The number of ether oxygens (including phenoxy) is 1. The van der Waals surface area contributed by atoms with Crippen molar-refractivity contribution in [2.75, 3.05) is 6.54 Å². The third-order valence-electron chi connectivity index (χ3n) is 2.52. The van der Waals surface area contributed by atoms with Crippen molar-refractivity contribution < 1.29 is 19.1 Å². The molecule has 0 heterocycles. The number of alkyl carbamates (subject to hydrolysis) is 1. The molecule has 0 aromatic carbocycles. The van der Waals surface area contributed by atoms with Crippen molar-refractivity contribution in [1.29, 1.82) is 0 Å². The minimum absolute atomic E-state index is 0.348. The zero-order chi connectivity index (χ0) is 16.5.